The number of rotatable bonds is 6. The molecule has 0 saturated carbocycles. The highest BCUT2D eigenvalue weighted by molar-refractivity contribution is 9.10. The van der Waals surface area contributed by atoms with Gasteiger partial charge in [-0.15, -0.1) is 0 Å². The Kier molecular flexibility index (Phi) is 6.54. The zero-order chi connectivity index (χ0) is 15.2. The van der Waals surface area contributed by atoms with E-state index in [4.69, 9.17) is 18.0 Å². The van der Waals surface area contributed by atoms with Crippen molar-refractivity contribution in [2.45, 2.75) is 32.4 Å². The third kappa shape index (κ3) is 4.98. The van der Waals surface area contributed by atoms with E-state index < -0.39 is 0 Å². The predicted molar refractivity (Wildman–Crippen MR) is 94.3 cm³/mol. The summed E-state index contributed by atoms with van der Waals surface area (Å²) < 4.78 is 1.04. The van der Waals surface area contributed by atoms with Gasteiger partial charge in [0.1, 0.15) is 0 Å². The van der Waals surface area contributed by atoms with Crippen molar-refractivity contribution in [3.05, 3.63) is 28.5 Å². The average molecular weight is 371 g/mol. The molecule has 2 heterocycles. The van der Waals surface area contributed by atoms with Crippen molar-refractivity contribution in [3.63, 3.8) is 0 Å². The van der Waals surface area contributed by atoms with Crippen LogP contribution in [-0.4, -0.2) is 52.0 Å². The Balaban J connectivity index is 1.86. The fourth-order valence-electron chi connectivity index (χ4n) is 2.81. The zero-order valence-electron chi connectivity index (χ0n) is 12.5. The Morgan fingerprint density at radius 1 is 1.38 bits per heavy atom. The van der Waals surface area contributed by atoms with Crippen molar-refractivity contribution in [2.24, 2.45) is 5.73 Å². The van der Waals surface area contributed by atoms with Gasteiger partial charge >= 0.3 is 0 Å². The number of thiocarbonyl (C=S) groups is 1. The maximum absolute atomic E-state index is 5.89. The zero-order valence-corrected chi connectivity index (χ0v) is 14.9. The van der Waals surface area contributed by atoms with Gasteiger partial charge in [0.05, 0.1) is 11.0 Å². The quantitative estimate of drug-likeness (QED) is 0.779. The van der Waals surface area contributed by atoms with Crippen LogP contribution in [0.2, 0.25) is 0 Å². The van der Waals surface area contributed by atoms with E-state index in [9.17, 15) is 0 Å². The first kappa shape index (κ1) is 16.8. The SMILES string of the molecule is CCCC(C(N)=S)N1CCN(Cc2cncc(Br)c2)CC1. The van der Waals surface area contributed by atoms with Gasteiger partial charge in [-0.25, -0.2) is 0 Å². The number of hydrogen-bond donors (Lipinski definition) is 1. The van der Waals surface area contributed by atoms with Crippen LogP contribution in [0, 0.1) is 0 Å². The Morgan fingerprint density at radius 2 is 2.10 bits per heavy atom. The van der Waals surface area contributed by atoms with E-state index in [2.05, 4.69) is 43.7 Å². The fraction of sp³-hybridized carbons (Fsp3) is 0.600. The van der Waals surface area contributed by atoms with Gasteiger partial charge in [0, 0.05) is 49.6 Å². The number of piperazine rings is 1. The summed E-state index contributed by atoms with van der Waals surface area (Å²) in [6.07, 6.45) is 5.93. The second-order valence-electron chi connectivity index (χ2n) is 5.53. The molecule has 2 rings (SSSR count). The standard InChI is InChI=1S/C15H23BrN4S/c1-2-3-14(15(17)21)20-6-4-19(5-7-20)11-12-8-13(16)10-18-9-12/h8-10,14H,2-7,11H2,1H3,(H2,17,21). The molecule has 4 nitrogen and oxygen atoms in total. The summed E-state index contributed by atoms with van der Waals surface area (Å²) in [5.41, 5.74) is 7.14. The highest BCUT2D eigenvalue weighted by atomic mass is 79.9. The molecule has 0 radical (unpaired) electrons. The average Bonchev–Trinajstić information content (AvgIpc) is 2.45. The molecule has 2 N–H and O–H groups in total. The lowest BCUT2D eigenvalue weighted by molar-refractivity contribution is 0.110. The summed E-state index contributed by atoms with van der Waals surface area (Å²) in [5, 5.41) is 0. The Morgan fingerprint density at radius 3 is 2.67 bits per heavy atom. The lowest BCUT2D eigenvalue weighted by Crippen LogP contribution is -2.53. The second kappa shape index (κ2) is 8.17. The van der Waals surface area contributed by atoms with Crippen LogP contribution in [0.5, 0.6) is 0 Å². The maximum atomic E-state index is 5.89. The van der Waals surface area contributed by atoms with Crippen LogP contribution >= 0.6 is 28.1 Å². The van der Waals surface area contributed by atoms with Crippen molar-refractivity contribution in [1.82, 2.24) is 14.8 Å². The molecular weight excluding hydrogens is 348 g/mol. The van der Waals surface area contributed by atoms with Crippen LogP contribution in [-0.2, 0) is 6.54 Å². The number of pyridine rings is 1. The summed E-state index contributed by atoms with van der Waals surface area (Å²) in [5.74, 6) is 0. The van der Waals surface area contributed by atoms with Crippen molar-refractivity contribution < 1.29 is 0 Å². The molecule has 0 aliphatic carbocycles. The van der Waals surface area contributed by atoms with Gasteiger partial charge in [0.25, 0.3) is 0 Å². The number of nitrogens with two attached hydrogens (primary N) is 1. The molecule has 1 aromatic heterocycles. The third-order valence-electron chi connectivity index (χ3n) is 3.91. The molecule has 1 atom stereocenters. The fourth-order valence-corrected chi connectivity index (χ4v) is 3.49. The minimum atomic E-state index is 0.264. The second-order valence-corrected chi connectivity index (χ2v) is 6.92. The molecule has 0 amide bonds. The van der Waals surface area contributed by atoms with Crippen LogP contribution in [0.4, 0.5) is 0 Å². The number of aromatic nitrogens is 1. The molecule has 116 valence electrons. The van der Waals surface area contributed by atoms with Gasteiger partial charge in [-0.1, -0.05) is 25.6 Å². The number of halogens is 1. The molecule has 1 aromatic rings. The van der Waals surface area contributed by atoms with Crippen molar-refractivity contribution in [2.75, 3.05) is 26.2 Å². The number of hydrogen-bond acceptors (Lipinski definition) is 4. The lowest BCUT2D eigenvalue weighted by atomic mass is 10.1. The minimum absolute atomic E-state index is 0.264. The van der Waals surface area contributed by atoms with E-state index in [1.807, 2.05) is 12.4 Å². The first-order chi connectivity index (χ1) is 10.1. The van der Waals surface area contributed by atoms with Gasteiger partial charge in [-0.2, -0.15) is 0 Å². The summed E-state index contributed by atoms with van der Waals surface area (Å²) in [6.45, 7) is 7.30. The monoisotopic (exact) mass is 370 g/mol. The van der Waals surface area contributed by atoms with Gasteiger partial charge in [0.2, 0.25) is 0 Å². The van der Waals surface area contributed by atoms with E-state index in [1.165, 1.54) is 5.56 Å². The van der Waals surface area contributed by atoms with Crippen LogP contribution in [0.25, 0.3) is 0 Å². The van der Waals surface area contributed by atoms with Gasteiger partial charge in [-0.05, 0) is 34.0 Å². The molecule has 21 heavy (non-hydrogen) atoms. The topological polar surface area (TPSA) is 45.4 Å². The Labute approximate surface area is 140 Å². The van der Waals surface area contributed by atoms with Crippen molar-refractivity contribution >= 4 is 33.1 Å². The van der Waals surface area contributed by atoms with Gasteiger partial charge in [0.15, 0.2) is 0 Å². The molecule has 1 aliphatic rings. The predicted octanol–water partition coefficient (Wildman–Crippen LogP) is 2.42. The largest absolute Gasteiger partial charge is 0.392 e. The third-order valence-corrected chi connectivity index (χ3v) is 4.61. The minimum Gasteiger partial charge on any atom is -0.392 e. The molecule has 6 heteroatoms. The first-order valence-electron chi connectivity index (χ1n) is 7.45. The van der Waals surface area contributed by atoms with E-state index >= 15 is 0 Å². The molecule has 0 aromatic carbocycles. The molecule has 0 spiro atoms. The highest BCUT2D eigenvalue weighted by Crippen LogP contribution is 2.15. The van der Waals surface area contributed by atoms with Crippen LogP contribution in [0.1, 0.15) is 25.3 Å². The molecule has 1 unspecified atom stereocenters. The van der Waals surface area contributed by atoms with Crippen LogP contribution in [0.3, 0.4) is 0 Å². The molecular formula is C15H23BrN4S. The lowest BCUT2D eigenvalue weighted by Gasteiger charge is -2.39. The van der Waals surface area contributed by atoms with E-state index in [0.29, 0.717) is 4.99 Å². The summed E-state index contributed by atoms with van der Waals surface area (Å²) in [4.78, 5) is 9.76. The number of nitrogens with zero attached hydrogens (tertiary/aromatic N) is 3. The Hall–Kier alpha value is -0.560. The molecule has 1 aliphatic heterocycles. The summed E-state index contributed by atoms with van der Waals surface area (Å²) >= 11 is 8.69. The van der Waals surface area contributed by atoms with E-state index in [-0.39, 0.29) is 6.04 Å². The van der Waals surface area contributed by atoms with Crippen molar-refractivity contribution in [1.29, 1.82) is 0 Å². The maximum Gasteiger partial charge on any atom is 0.0902 e. The van der Waals surface area contributed by atoms with Crippen LogP contribution < -0.4 is 5.73 Å². The Bertz CT molecular complexity index is 474. The summed E-state index contributed by atoms with van der Waals surface area (Å²) in [6, 6.07) is 2.40. The van der Waals surface area contributed by atoms with Crippen molar-refractivity contribution in [3.8, 4) is 0 Å². The highest BCUT2D eigenvalue weighted by Gasteiger charge is 2.24. The van der Waals surface area contributed by atoms with Gasteiger partial charge in [-0.3, -0.25) is 14.8 Å². The molecule has 1 saturated heterocycles. The molecule has 1 fully saturated rings. The smallest absolute Gasteiger partial charge is 0.0902 e. The molecule has 0 bridgehead atoms. The first-order valence-corrected chi connectivity index (χ1v) is 8.65. The van der Waals surface area contributed by atoms with Gasteiger partial charge < -0.3 is 5.73 Å². The normalized spacial score (nSPS) is 18.6. The van der Waals surface area contributed by atoms with Crippen LogP contribution in [0.15, 0.2) is 22.9 Å². The summed E-state index contributed by atoms with van der Waals surface area (Å²) in [7, 11) is 0. The van der Waals surface area contributed by atoms with E-state index in [0.717, 1.165) is 50.0 Å². The van der Waals surface area contributed by atoms with E-state index in [1.54, 1.807) is 0 Å².